The van der Waals surface area contributed by atoms with Gasteiger partial charge in [-0.25, -0.2) is 0 Å². The Labute approximate surface area is 337 Å². The van der Waals surface area contributed by atoms with Gasteiger partial charge in [-0.1, -0.05) is 212 Å². The third-order valence-electron chi connectivity index (χ3n) is 9.63. The number of Topliss-reactive ketones (excluding diaryl/α,β-unsaturated/α-hetero) is 2. The van der Waals surface area contributed by atoms with Gasteiger partial charge in [-0.2, -0.15) is 0 Å². The van der Waals surface area contributed by atoms with Crippen LogP contribution in [0.25, 0.3) is 10.4 Å². The average molecular weight is 771 g/mol. The number of rotatable bonds is 30. The minimum absolute atomic E-state index is 0.320. The van der Waals surface area contributed by atoms with Gasteiger partial charge in [0.1, 0.15) is 11.6 Å². The molecule has 0 atom stereocenters. The largest absolute Gasteiger partial charge is 0.330 e. The van der Waals surface area contributed by atoms with Crippen molar-refractivity contribution in [2.24, 2.45) is 10.8 Å². The predicted molar refractivity (Wildman–Crippen MR) is 240 cm³/mol. The van der Waals surface area contributed by atoms with E-state index >= 15 is 0 Å². The normalized spacial score (nSPS) is 10.5. The molecule has 0 aliphatic heterocycles. The summed E-state index contributed by atoms with van der Waals surface area (Å²) < 4.78 is 0. The van der Waals surface area contributed by atoms with Crippen LogP contribution in [0.3, 0.4) is 0 Å². The Hall–Kier alpha value is -3.30. The minimum Gasteiger partial charge on any atom is -0.330 e. The van der Waals surface area contributed by atoms with Crippen LogP contribution in [0.1, 0.15) is 168 Å². The van der Waals surface area contributed by atoms with Crippen molar-refractivity contribution in [1.82, 2.24) is 0 Å². The lowest BCUT2D eigenvalue weighted by Gasteiger charge is -2.18. The van der Waals surface area contributed by atoms with Gasteiger partial charge in [0.2, 0.25) is 0 Å². The summed E-state index contributed by atoms with van der Waals surface area (Å²) in [5, 5.41) is 7.72. The van der Waals surface area contributed by atoms with E-state index in [1.165, 1.54) is 138 Å². The van der Waals surface area contributed by atoms with E-state index in [4.69, 9.17) is 11.3 Å². The first-order chi connectivity index (χ1) is 27.0. The summed E-state index contributed by atoms with van der Waals surface area (Å²) in [6.07, 6.45) is 29.5. The van der Waals surface area contributed by atoms with E-state index in [0.29, 0.717) is 18.1 Å². The number of nitrogens with zero attached hydrogens (tertiary/aromatic N) is 3. The lowest BCUT2D eigenvalue weighted by Crippen LogP contribution is -2.20. The molecule has 304 valence electrons. The summed E-state index contributed by atoms with van der Waals surface area (Å²) in [4.78, 5) is 24.2. The first-order valence-corrected chi connectivity index (χ1v) is 23.0. The fraction of sp³-hybridized carbons (Fsp3) is 0.583. The van der Waals surface area contributed by atoms with Gasteiger partial charge < -0.3 is 15.3 Å². The van der Waals surface area contributed by atoms with Gasteiger partial charge in [0.25, 0.3) is 0 Å². The van der Waals surface area contributed by atoms with Gasteiger partial charge >= 0.3 is 0 Å². The van der Waals surface area contributed by atoms with E-state index in [0.717, 1.165) is 38.6 Å². The second kappa shape index (κ2) is 37.6. The van der Waals surface area contributed by atoms with Crippen molar-refractivity contribution < 1.29 is 9.59 Å². The second-order valence-corrected chi connectivity index (χ2v) is 17.0. The molecule has 55 heavy (non-hydrogen) atoms. The SMILES string of the molecule is CC(=O)CCCCCCCCCCCCCN.CC(=O)CCCCCCCCCCCCCN=[N+]=[N-].c1ccc(P(c2ccccc2)c2ccccc2)cc1. The van der Waals surface area contributed by atoms with Crippen LogP contribution in [0.4, 0.5) is 0 Å². The maximum atomic E-state index is 10.7. The Balaban J connectivity index is 0.000000414. The zero-order chi connectivity index (χ0) is 39.9. The molecule has 0 amide bonds. The third kappa shape index (κ3) is 30.6. The summed E-state index contributed by atoms with van der Waals surface area (Å²) in [5.41, 5.74) is 13.6. The average Bonchev–Trinajstić information content (AvgIpc) is 3.20. The Bertz CT molecular complexity index is 1240. The van der Waals surface area contributed by atoms with Crippen LogP contribution in [0, 0.1) is 0 Å². The number of ketones is 2. The highest BCUT2D eigenvalue weighted by molar-refractivity contribution is 7.79. The van der Waals surface area contributed by atoms with Crippen LogP contribution in [-0.4, -0.2) is 24.7 Å². The minimum atomic E-state index is -0.446. The number of carbonyl (C=O) groups is 2. The highest BCUT2D eigenvalue weighted by atomic mass is 31.1. The maximum absolute atomic E-state index is 10.7. The molecule has 0 bridgehead atoms. The van der Waals surface area contributed by atoms with Crippen LogP contribution >= 0.6 is 7.92 Å². The summed E-state index contributed by atoms with van der Waals surface area (Å²) >= 11 is 0. The van der Waals surface area contributed by atoms with Crippen LogP contribution in [0.2, 0.25) is 0 Å². The van der Waals surface area contributed by atoms with Crippen LogP contribution < -0.4 is 21.6 Å². The van der Waals surface area contributed by atoms with E-state index in [9.17, 15) is 9.59 Å². The molecule has 0 saturated carbocycles. The van der Waals surface area contributed by atoms with Gasteiger partial charge in [0, 0.05) is 24.3 Å². The standard InChI is InChI=1S/C18H15P.C15H29N3O.C15H31NO/c1-4-10-16(11-5-1)19(17-12-6-2-7-13-17)18-14-8-3-9-15-18;1-15(19)13-11-9-7-5-3-2-4-6-8-10-12-14-17-18-16;1-15(17)13-11-9-7-5-3-2-4-6-8-10-12-14-16/h1-15H;2-14H2,1H3;2-14,16H2,1H3. The summed E-state index contributed by atoms with van der Waals surface area (Å²) in [7, 11) is -0.446. The molecule has 0 fully saturated rings. The molecular weight excluding hydrogens is 696 g/mol. The number of unbranched alkanes of at least 4 members (excludes halogenated alkanes) is 20. The number of benzene rings is 3. The second-order valence-electron chi connectivity index (χ2n) is 14.8. The van der Waals surface area contributed by atoms with Crippen molar-refractivity contribution in [3.63, 3.8) is 0 Å². The van der Waals surface area contributed by atoms with Crippen molar-refractivity contribution in [3.8, 4) is 0 Å². The van der Waals surface area contributed by atoms with E-state index in [-0.39, 0.29) is 0 Å². The first kappa shape index (κ1) is 49.7. The van der Waals surface area contributed by atoms with Gasteiger partial charge in [0.05, 0.1) is 0 Å². The molecule has 0 aliphatic carbocycles. The summed E-state index contributed by atoms with van der Waals surface area (Å²) in [6.45, 7) is 4.86. The van der Waals surface area contributed by atoms with Crippen LogP contribution in [0.15, 0.2) is 96.1 Å². The zero-order valence-electron chi connectivity index (χ0n) is 34.7. The molecule has 0 heterocycles. The fourth-order valence-corrected chi connectivity index (χ4v) is 8.79. The fourth-order valence-electron chi connectivity index (χ4n) is 6.48. The Morgan fingerprint density at radius 3 is 1.02 bits per heavy atom. The van der Waals surface area contributed by atoms with Gasteiger partial charge in [-0.15, -0.1) is 0 Å². The summed E-state index contributed by atoms with van der Waals surface area (Å²) in [6, 6.07) is 32.3. The number of nitrogens with two attached hydrogens (primary N) is 1. The molecule has 0 unspecified atom stereocenters. The molecule has 7 heteroatoms. The van der Waals surface area contributed by atoms with Crippen LogP contribution in [0.5, 0.6) is 0 Å². The van der Waals surface area contributed by atoms with Crippen molar-refractivity contribution in [3.05, 3.63) is 101 Å². The number of carbonyl (C=O) groups excluding carboxylic acids is 2. The smallest absolute Gasteiger partial charge is 0.129 e. The van der Waals surface area contributed by atoms with Crippen molar-refractivity contribution in [2.45, 2.75) is 168 Å². The van der Waals surface area contributed by atoms with Crippen molar-refractivity contribution in [1.29, 1.82) is 0 Å². The van der Waals surface area contributed by atoms with Crippen molar-refractivity contribution in [2.75, 3.05) is 13.1 Å². The Kier molecular flexibility index (Phi) is 34.0. The van der Waals surface area contributed by atoms with E-state index in [2.05, 4.69) is 101 Å². The molecular formula is C48H75N4O2P. The zero-order valence-corrected chi connectivity index (χ0v) is 35.6. The quantitative estimate of drug-likeness (QED) is 0.0240. The first-order valence-electron chi connectivity index (χ1n) is 21.6. The Morgan fingerprint density at radius 2 is 0.745 bits per heavy atom. The molecule has 6 nitrogen and oxygen atoms in total. The molecule has 2 N–H and O–H groups in total. The molecule has 3 aromatic carbocycles. The lowest BCUT2D eigenvalue weighted by molar-refractivity contribution is -0.117. The monoisotopic (exact) mass is 771 g/mol. The third-order valence-corrected chi connectivity index (χ3v) is 12.1. The predicted octanol–water partition coefficient (Wildman–Crippen LogP) is 13.2. The van der Waals surface area contributed by atoms with Gasteiger partial charge in [-0.3, -0.25) is 0 Å². The molecule has 0 spiro atoms. The topological polar surface area (TPSA) is 109 Å². The highest BCUT2D eigenvalue weighted by Crippen LogP contribution is 2.32. The number of azide groups is 1. The lowest BCUT2D eigenvalue weighted by atomic mass is 10.0. The highest BCUT2D eigenvalue weighted by Gasteiger charge is 2.15. The number of hydrogen-bond acceptors (Lipinski definition) is 4. The van der Waals surface area contributed by atoms with E-state index < -0.39 is 7.92 Å². The van der Waals surface area contributed by atoms with Gasteiger partial charge in [-0.05, 0) is 75.4 Å². The molecule has 3 aromatic rings. The van der Waals surface area contributed by atoms with Crippen LogP contribution in [-0.2, 0) is 9.59 Å². The molecule has 3 rings (SSSR count). The Morgan fingerprint density at radius 1 is 0.473 bits per heavy atom. The molecule has 0 saturated heterocycles. The van der Waals surface area contributed by atoms with Crippen molar-refractivity contribution >= 4 is 35.4 Å². The van der Waals surface area contributed by atoms with E-state index in [1.807, 2.05) is 0 Å². The number of hydrogen-bond donors (Lipinski definition) is 1. The van der Waals surface area contributed by atoms with Gasteiger partial charge in [0.15, 0.2) is 0 Å². The van der Waals surface area contributed by atoms with E-state index in [1.54, 1.807) is 13.8 Å². The molecule has 0 aliphatic rings. The molecule has 0 radical (unpaired) electrons. The summed E-state index contributed by atoms with van der Waals surface area (Å²) in [5.74, 6) is 0.655. The molecule has 0 aromatic heterocycles. The maximum Gasteiger partial charge on any atom is 0.129 e.